The first-order valence-corrected chi connectivity index (χ1v) is 9.08. The van der Waals surface area contributed by atoms with Gasteiger partial charge in [0.15, 0.2) is 5.69 Å². The van der Waals surface area contributed by atoms with E-state index >= 15 is 0 Å². The normalized spacial score (nSPS) is 13.7. The summed E-state index contributed by atoms with van der Waals surface area (Å²) in [6, 6.07) is 7.82. The summed E-state index contributed by atoms with van der Waals surface area (Å²) in [6.07, 6.45) is 2.73. The third kappa shape index (κ3) is 3.07. The topological polar surface area (TPSA) is 93.3 Å². The first-order valence-electron chi connectivity index (χ1n) is 9.08. The summed E-state index contributed by atoms with van der Waals surface area (Å²) in [6.45, 7) is 3.99. The lowest BCUT2D eigenvalue weighted by Crippen LogP contribution is -2.37. The van der Waals surface area contributed by atoms with Gasteiger partial charge in [0.25, 0.3) is 0 Å². The van der Waals surface area contributed by atoms with Crippen molar-refractivity contribution in [3.05, 3.63) is 47.5 Å². The Morgan fingerprint density at radius 2 is 2.07 bits per heavy atom. The van der Waals surface area contributed by atoms with Crippen LogP contribution in [-0.2, 0) is 30.8 Å². The highest BCUT2D eigenvalue weighted by molar-refractivity contribution is 5.88. The first kappa shape index (κ1) is 17.3. The van der Waals surface area contributed by atoms with Gasteiger partial charge in [-0.1, -0.05) is 12.1 Å². The molecule has 0 atom stereocenters. The molecule has 2 aromatic heterocycles. The van der Waals surface area contributed by atoms with Crippen molar-refractivity contribution in [3.63, 3.8) is 0 Å². The molecular formula is C19H21N5O3. The molecule has 3 aromatic rings. The number of aromatic nitrogens is 4. The van der Waals surface area contributed by atoms with E-state index in [0.717, 1.165) is 16.7 Å². The molecule has 1 aliphatic rings. The van der Waals surface area contributed by atoms with Crippen LogP contribution in [0.25, 0.3) is 11.0 Å². The second-order valence-corrected chi connectivity index (χ2v) is 6.64. The molecule has 1 amide bonds. The highest BCUT2D eigenvalue weighted by Crippen LogP contribution is 2.23. The van der Waals surface area contributed by atoms with Crippen LogP contribution < -0.4 is 0 Å². The molecular weight excluding hydrogens is 346 g/mol. The largest absolute Gasteiger partial charge is 0.476 e. The number of imidazole rings is 1. The maximum Gasteiger partial charge on any atom is 0.356 e. The number of para-hydroxylation sites is 2. The maximum absolute atomic E-state index is 12.7. The minimum Gasteiger partial charge on any atom is -0.476 e. The summed E-state index contributed by atoms with van der Waals surface area (Å²) >= 11 is 0. The van der Waals surface area contributed by atoms with Gasteiger partial charge < -0.3 is 14.6 Å². The Bertz CT molecular complexity index is 1020. The van der Waals surface area contributed by atoms with Gasteiger partial charge >= 0.3 is 5.97 Å². The number of carbonyl (C=O) groups is 2. The molecule has 1 N–H and O–H groups in total. The van der Waals surface area contributed by atoms with Crippen molar-refractivity contribution in [2.24, 2.45) is 0 Å². The van der Waals surface area contributed by atoms with Crippen molar-refractivity contribution in [1.29, 1.82) is 0 Å². The van der Waals surface area contributed by atoms with Crippen LogP contribution in [0.5, 0.6) is 0 Å². The van der Waals surface area contributed by atoms with E-state index in [1.165, 1.54) is 0 Å². The molecule has 1 aromatic carbocycles. The Kier molecular flexibility index (Phi) is 4.39. The van der Waals surface area contributed by atoms with Crippen molar-refractivity contribution >= 4 is 22.9 Å². The Morgan fingerprint density at radius 3 is 2.85 bits per heavy atom. The molecule has 0 fully saturated rings. The number of carboxylic acid groups (broad SMARTS) is 1. The number of fused-ring (bicyclic) bond motifs is 2. The summed E-state index contributed by atoms with van der Waals surface area (Å²) < 4.78 is 3.71. The summed E-state index contributed by atoms with van der Waals surface area (Å²) in [5.74, 6) is -1.03. The fraction of sp³-hybridized carbons (Fsp3) is 0.368. The van der Waals surface area contributed by atoms with E-state index in [-0.39, 0.29) is 11.6 Å². The summed E-state index contributed by atoms with van der Waals surface area (Å²) in [5, 5.41) is 13.6. The van der Waals surface area contributed by atoms with Crippen molar-refractivity contribution < 1.29 is 14.7 Å². The molecule has 0 saturated heterocycles. The minimum atomic E-state index is -1.04. The molecule has 140 valence electrons. The van der Waals surface area contributed by atoms with E-state index < -0.39 is 5.97 Å². The lowest BCUT2D eigenvalue weighted by atomic mass is 10.0. The number of rotatable bonds is 5. The number of nitrogens with zero attached hydrogens (tertiary/aromatic N) is 5. The fourth-order valence-corrected chi connectivity index (χ4v) is 3.70. The van der Waals surface area contributed by atoms with Gasteiger partial charge in [0.1, 0.15) is 0 Å². The number of hydrogen-bond donors (Lipinski definition) is 1. The number of carbonyl (C=O) groups excluding carboxylic acids is 1. The van der Waals surface area contributed by atoms with E-state index in [4.69, 9.17) is 0 Å². The average molecular weight is 367 g/mol. The number of hydrogen-bond acceptors (Lipinski definition) is 4. The van der Waals surface area contributed by atoms with E-state index in [9.17, 15) is 14.7 Å². The highest BCUT2D eigenvalue weighted by atomic mass is 16.4. The van der Waals surface area contributed by atoms with Crippen LogP contribution >= 0.6 is 0 Å². The predicted octanol–water partition coefficient (Wildman–Crippen LogP) is 1.93. The minimum absolute atomic E-state index is 0.0130. The van der Waals surface area contributed by atoms with Crippen LogP contribution in [0.1, 0.15) is 35.1 Å². The van der Waals surface area contributed by atoms with Crippen LogP contribution in [0.15, 0.2) is 30.6 Å². The average Bonchev–Trinajstić information content (AvgIpc) is 3.27. The third-order valence-electron chi connectivity index (χ3n) is 5.08. The Balaban J connectivity index is 1.48. The van der Waals surface area contributed by atoms with Crippen molar-refractivity contribution in [2.75, 3.05) is 6.54 Å². The number of aryl methyl sites for hydroxylation is 2. The van der Waals surface area contributed by atoms with Crippen molar-refractivity contribution in [2.45, 2.75) is 39.4 Å². The summed E-state index contributed by atoms with van der Waals surface area (Å²) in [4.78, 5) is 30.3. The number of carboxylic acids is 1. The van der Waals surface area contributed by atoms with Crippen LogP contribution in [0.3, 0.4) is 0 Å². The number of aromatic carboxylic acids is 1. The molecule has 0 aliphatic carbocycles. The third-order valence-corrected chi connectivity index (χ3v) is 5.08. The molecule has 27 heavy (non-hydrogen) atoms. The van der Waals surface area contributed by atoms with Crippen LogP contribution in [0, 0.1) is 0 Å². The first-order chi connectivity index (χ1) is 13.1. The summed E-state index contributed by atoms with van der Waals surface area (Å²) in [7, 11) is 0. The van der Waals surface area contributed by atoms with Crippen LogP contribution in [0.2, 0.25) is 0 Å². The van der Waals surface area contributed by atoms with Gasteiger partial charge in [-0.15, -0.1) is 0 Å². The van der Waals surface area contributed by atoms with E-state index in [1.807, 2.05) is 35.8 Å². The Labute approximate surface area is 156 Å². The van der Waals surface area contributed by atoms with Crippen molar-refractivity contribution in [1.82, 2.24) is 24.2 Å². The maximum atomic E-state index is 12.7. The van der Waals surface area contributed by atoms with Gasteiger partial charge in [-0.25, -0.2) is 9.78 Å². The van der Waals surface area contributed by atoms with E-state index in [1.54, 1.807) is 15.9 Å². The van der Waals surface area contributed by atoms with Crippen molar-refractivity contribution in [3.8, 4) is 0 Å². The molecule has 0 unspecified atom stereocenters. The molecule has 0 radical (unpaired) electrons. The van der Waals surface area contributed by atoms with E-state index in [0.29, 0.717) is 44.6 Å². The van der Waals surface area contributed by atoms with Gasteiger partial charge in [0.05, 0.1) is 17.4 Å². The van der Waals surface area contributed by atoms with Gasteiger partial charge in [-0.3, -0.25) is 9.48 Å². The quantitative estimate of drug-likeness (QED) is 0.744. The highest BCUT2D eigenvalue weighted by Gasteiger charge is 2.29. The molecule has 0 bridgehead atoms. The molecule has 8 nitrogen and oxygen atoms in total. The van der Waals surface area contributed by atoms with Crippen LogP contribution in [-0.4, -0.2) is 47.8 Å². The summed E-state index contributed by atoms with van der Waals surface area (Å²) in [5.41, 5.74) is 3.57. The number of benzene rings is 1. The zero-order valence-corrected chi connectivity index (χ0v) is 15.1. The lowest BCUT2D eigenvalue weighted by Gasteiger charge is -2.27. The molecule has 4 rings (SSSR count). The molecule has 3 heterocycles. The lowest BCUT2D eigenvalue weighted by molar-refractivity contribution is -0.132. The number of amides is 1. The fourth-order valence-electron chi connectivity index (χ4n) is 3.70. The zero-order valence-electron chi connectivity index (χ0n) is 15.1. The van der Waals surface area contributed by atoms with Crippen LogP contribution in [0.4, 0.5) is 0 Å². The van der Waals surface area contributed by atoms with Gasteiger partial charge in [0.2, 0.25) is 5.91 Å². The molecule has 1 aliphatic heterocycles. The standard InChI is InChI=1S/C19H21N5O3/c1-2-24-15-7-9-22(11-13(15)18(21-24)19(26)27)17(25)8-10-23-12-20-14-5-3-4-6-16(14)23/h3-6,12H,2,7-11H2,1H3,(H,26,27). The van der Waals surface area contributed by atoms with Gasteiger partial charge in [-0.2, -0.15) is 5.10 Å². The molecule has 0 saturated carbocycles. The SMILES string of the molecule is CCn1nc(C(=O)O)c2c1CCN(C(=O)CCn1cnc3ccccc31)C2. The Hall–Kier alpha value is -3.16. The smallest absolute Gasteiger partial charge is 0.356 e. The second kappa shape index (κ2) is 6.86. The van der Waals surface area contributed by atoms with Gasteiger partial charge in [0, 0.05) is 50.3 Å². The zero-order chi connectivity index (χ0) is 19.0. The second-order valence-electron chi connectivity index (χ2n) is 6.64. The van der Waals surface area contributed by atoms with E-state index in [2.05, 4.69) is 10.1 Å². The Morgan fingerprint density at radius 1 is 1.26 bits per heavy atom. The monoisotopic (exact) mass is 367 g/mol. The predicted molar refractivity (Wildman–Crippen MR) is 98.3 cm³/mol. The molecule has 0 spiro atoms. The van der Waals surface area contributed by atoms with Gasteiger partial charge in [-0.05, 0) is 19.1 Å². The molecule has 8 heteroatoms.